The molecule has 146 valence electrons. The summed E-state index contributed by atoms with van der Waals surface area (Å²) in [6, 6.07) is 5.48. The molecule has 1 spiro atoms. The number of benzene rings is 1. The number of rotatable bonds is 2. The number of hydrogen-bond donors (Lipinski definition) is 2. The van der Waals surface area contributed by atoms with E-state index in [1.807, 2.05) is 0 Å². The normalized spacial score (nSPS) is 34.0. The van der Waals surface area contributed by atoms with Crippen LogP contribution in [0, 0.1) is 5.82 Å². The number of alkyl halides is 1. The van der Waals surface area contributed by atoms with Crippen LogP contribution in [0.1, 0.15) is 45.4 Å². The number of halogens is 2. The Morgan fingerprint density at radius 1 is 1.33 bits per heavy atom. The molecule has 0 radical (unpaired) electrons. The maximum atomic E-state index is 14.4. The lowest BCUT2D eigenvalue weighted by molar-refractivity contribution is 0.201. The first-order chi connectivity index (χ1) is 13.0. The summed E-state index contributed by atoms with van der Waals surface area (Å²) in [4.78, 5) is 18.8. The predicted octanol–water partition coefficient (Wildman–Crippen LogP) is 3.55. The zero-order valence-corrected chi connectivity index (χ0v) is 15.5. The van der Waals surface area contributed by atoms with Crippen molar-refractivity contribution in [3.8, 4) is 0 Å². The largest absolute Gasteiger partial charge is 0.366 e. The number of piperidine rings is 1. The Hall–Kier alpha value is -2.02. The monoisotopic (exact) mass is 376 g/mol. The van der Waals surface area contributed by atoms with Gasteiger partial charge in [-0.25, -0.2) is 13.6 Å². The van der Waals surface area contributed by atoms with E-state index in [0.29, 0.717) is 37.3 Å². The molecule has 7 heteroatoms. The molecule has 1 aromatic carbocycles. The number of amidine groups is 1. The highest BCUT2D eigenvalue weighted by molar-refractivity contribution is 6.16. The van der Waals surface area contributed by atoms with Gasteiger partial charge in [-0.2, -0.15) is 4.99 Å². The lowest BCUT2D eigenvalue weighted by atomic mass is 9.81. The molecule has 5 nitrogen and oxygen atoms in total. The Balaban J connectivity index is 1.70. The van der Waals surface area contributed by atoms with Crippen molar-refractivity contribution in [1.82, 2.24) is 10.6 Å². The fourth-order valence-electron chi connectivity index (χ4n) is 4.73. The highest BCUT2D eigenvalue weighted by Crippen LogP contribution is 2.39. The van der Waals surface area contributed by atoms with Gasteiger partial charge in [0.25, 0.3) is 0 Å². The van der Waals surface area contributed by atoms with E-state index in [9.17, 15) is 13.6 Å². The number of anilines is 1. The number of aliphatic imine (C=N–C) groups is 1. The highest BCUT2D eigenvalue weighted by Gasteiger charge is 2.53. The van der Waals surface area contributed by atoms with Gasteiger partial charge in [-0.1, -0.05) is 18.9 Å². The predicted molar refractivity (Wildman–Crippen MR) is 101 cm³/mol. The number of carbonyl (C=O) groups is 1. The van der Waals surface area contributed by atoms with Crippen molar-refractivity contribution in [2.24, 2.45) is 4.99 Å². The average Bonchev–Trinajstić information content (AvgIpc) is 2.87. The van der Waals surface area contributed by atoms with Crippen molar-refractivity contribution >= 4 is 17.6 Å². The van der Waals surface area contributed by atoms with Crippen molar-refractivity contribution in [3.05, 3.63) is 30.1 Å². The third kappa shape index (κ3) is 3.33. The topological polar surface area (TPSA) is 56.7 Å². The van der Waals surface area contributed by atoms with Crippen molar-refractivity contribution in [3.63, 3.8) is 0 Å². The summed E-state index contributed by atoms with van der Waals surface area (Å²) in [5.74, 6) is 0.148. The lowest BCUT2D eigenvalue weighted by Crippen LogP contribution is -2.64. The molecule has 4 rings (SSSR count). The third-order valence-electron chi connectivity index (χ3n) is 6.01. The minimum absolute atomic E-state index is 0.167. The van der Waals surface area contributed by atoms with Crippen LogP contribution in [0.2, 0.25) is 0 Å². The van der Waals surface area contributed by atoms with Gasteiger partial charge in [0.05, 0.1) is 6.04 Å². The van der Waals surface area contributed by atoms with Gasteiger partial charge >= 0.3 is 6.03 Å². The summed E-state index contributed by atoms with van der Waals surface area (Å²) < 4.78 is 28.3. The first kappa shape index (κ1) is 18.3. The molecule has 27 heavy (non-hydrogen) atoms. The Morgan fingerprint density at radius 2 is 2.15 bits per heavy atom. The van der Waals surface area contributed by atoms with E-state index in [2.05, 4.69) is 22.5 Å². The Bertz CT molecular complexity index is 755. The van der Waals surface area contributed by atoms with Crippen molar-refractivity contribution in [1.29, 1.82) is 0 Å². The minimum Gasteiger partial charge on any atom is -0.366 e. The van der Waals surface area contributed by atoms with Crippen molar-refractivity contribution in [2.75, 3.05) is 11.4 Å². The molecule has 3 aliphatic rings. The number of nitrogens with zero attached hydrogens (tertiary/aromatic N) is 2. The summed E-state index contributed by atoms with van der Waals surface area (Å²) >= 11 is 0. The molecule has 2 aliphatic heterocycles. The van der Waals surface area contributed by atoms with Crippen LogP contribution in [-0.2, 0) is 0 Å². The van der Waals surface area contributed by atoms with Gasteiger partial charge in [0.1, 0.15) is 23.4 Å². The second-order valence-electron chi connectivity index (χ2n) is 7.95. The number of hydrogen-bond acceptors (Lipinski definition) is 3. The van der Waals surface area contributed by atoms with E-state index < -0.39 is 23.6 Å². The quantitative estimate of drug-likeness (QED) is 0.830. The molecule has 2 N–H and O–H groups in total. The number of nitrogens with one attached hydrogen (secondary N) is 2. The van der Waals surface area contributed by atoms with Crippen LogP contribution in [0.15, 0.2) is 29.3 Å². The summed E-state index contributed by atoms with van der Waals surface area (Å²) in [5, 5.41) is 6.68. The molecular formula is C20H26F2N4O. The van der Waals surface area contributed by atoms with Crippen LogP contribution in [0.3, 0.4) is 0 Å². The number of carbonyl (C=O) groups excluding carboxylic acids is 1. The second kappa shape index (κ2) is 7.19. The zero-order valence-electron chi connectivity index (χ0n) is 15.5. The lowest BCUT2D eigenvalue weighted by Gasteiger charge is -2.45. The summed E-state index contributed by atoms with van der Waals surface area (Å²) in [6.45, 7) is 2.77. The molecule has 0 bridgehead atoms. The third-order valence-corrected chi connectivity index (χ3v) is 6.01. The Morgan fingerprint density at radius 3 is 2.89 bits per heavy atom. The Kier molecular flexibility index (Phi) is 4.88. The number of amides is 2. The van der Waals surface area contributed by atoms with Crippen LogP contribution < -0.4 is 15.5 Å². The van der Waals surface area contributed by atoms with Crippen LogP contribution in [0.4, 0.5) is 19.3 Å². The first-order valence-corrected chi connectivity index (χ1v) is 9.82. The van der Waals surface area contributed by atoms with E-state index in [4.69, 9.17) is 0 Å². The van der Waals surface area contributed by atoms with Crippen molar-refractivity contribution < 1.29 is 13.6 Å². The van der Waals surface area contributed by atoms with Crippen LogP contribution >= 0.6 is 0 Å². The van der Waals surface area contributed by atoms with E-state index in [-0.39, 0.29) is 12.1 Å². The summed E-state index contributed by atoms with van der Waals surface area (Å²) in [6.07, 6.45) is 3.50. The molecular weight excluding hydrogens is 350 g/mol. The van der Waals surface area contributed by atoms with Gasteiger partial charge in [0, 0.05) is 11.7 Å². The molecule has 2 amide bonds. The van der Waals surface area contributed by atoms with E-state index in [1.54, 1.807) is 17.0 Å². The molecule has 1 saturated heterocycles. The van der Waals surface area contributed by atoms with Gasteiger partial charge in [0.2, 0.25) is 0 Å². The molecule has 0 aromatic heterocycles. The van der Waals surface area contributed by atoms with Gasteiger partial charge in [-0.05, 0) is 57.4 Å². The molecule has 2 fully saturated rings. The molecule has 1 unspecified atom stereocenters. The van der Waals surface area contributed by atoms with E-state index in [0.717, 1.165) is 19.3 Å². The highest BCUT2D eigenvalue weighted by atomic mass is 19.1. The maximum absolute atomic E-state index is 14.4. The fraction of sp³-hybridized carbons (Fsp3) is 0.600. The standard InChI is InChI=1S/C20H26F2N4O/c1-13-12-20(9-10-23-13)18(24-17-8-3-2-7-16(17)22)25-19(27)26(20)15-6-4-5-14(21)11-15/h4-6,11,13,16-17,23H,2-3,7-10,12H2,1H3,(H,24,25,27)/t13-,16-,17?,20+/m0/s1. The average molecular weight is 376 g/mol. The van der Waals surface area contributed by atoms with Crippen LogP contribution in [-0.4, -0.2) is 42.2 Å². The molecule has 1 aromatic rings. The summed E-state index contributed by atoms with van der Waals surface area (Å²) in [5.41, 5.74) is -0.192. The smallest absolute Gasteiger partial charge is 0.350 e. The van der Waals surface area contributed by atoms with E-state index in [1.165, 1.54) is 12.1 Å². The fourth-order valence-corrected chi connectivity index (χ4v) is 4.73. The second-order valence-corrected chi connectivity index (χ2v) is 7.95. The number of urea groups is 1. The van der Waals surface area contributed by atoms with E-state index >= 15 is 0 Å². The summed E-state index contributed by atoms with van der Waals surface area (Å²) in [7, 11) is 0. The van der Waals surface area contributed by atoms with Gasteiger partial charge in [-0.15, -0.1) is 0 Å². The van der Waals surface area contributed by atoms with Crippen LogP contribution in [0.5, 0.6) is 0 Å². The zero-order chi connectivity index (χ0) is 19.0. The minimum atomic E-state index is -0.934. The van der Waals surface area contributed by atoms with Crippen LogP contribution in [0.25, 0.3) is 0 Å². The Labute approximate surface area is 158 Å². The molecule has 4 atom stereocenters. The van der Waals surface area contributed by atoms with Gasteiger partial charge in [-0.3, -0.25) is 4.90 Å². The molecule has 1 aliphatic carbocycles. The maximum Gasteiger partial charge on any atom is 0.350 e. The van der Waals surface area contributed by atoms with Crippen molar-refractivity contribution in [2.45, 2.75) is 69.2 Å². The SMILES string of the molecule is C[C@H]1C[C@]2(CCN1)C(NC1CCCC[C@@H]1F)=NC(=O)N2c1cccc(F)c1. The first-order valence-electron chi connectivity index (χ1n) is 9.82. The van der Waals surface area contributed by atoms with Gasteiger partial charge in [0.15, 0.2) is 0 Å². The molecule has 1 saturated carbocycles. The molecule has 2 heterocycles. The van der Waals surface area contributed by atoms with Gasteiger partial charge < -0.3 is 10.6 Å².